The van der Waals surface area contributed by atoms with Gasteiger partial charge in [0.25, 0.3) is 5.69 Å². The van der Waals surface area contributed by atoms with Crippen molar-refractivity contribution in [2.24, 2.45) is 0 Å². The molecule has 5 nitrogen and oxygen atoms in total. The van der Waals surface area contributed by atoms with Crippen molar-refractivity contribution in [2.45, 2.75) is 6.42 Å². The van der Waals surface area contributed by atoms with Crippen LogP contribution >= 0.6 is 0 Å². The zero-order valence-electron chi connectivity index (χ0n) is 11.0. The third kappa shape index (κ3) is 1.86. The number of para-hydroxylation sites is 1. The number of benzene rings is 2. The lowest BCUT2D eigenvalue weighted by molar-refractivity contribution is -0.384. The molecule has 0 spiro atoms. The fourth-order valence-corrected chi connectivity index (χ4v) is 2.70. The van der Waals surface area contributed by atoms with E-state index in [1.54, 1.807) is 6.07 Å². The largest absolute Gasteiger partial charge is 0.488 e. The molecule has 2 aliphatic heterocycles. The van der Waals surface area contributed by atoms with Crippen LogP contribution in [-0.2, 0) is 6.42 Å². The normalized spacial score (nSPS) is 15.2. The molecule has 0 radical (unpaired) electrons. The summed E-state index contributed by atoms with van der Waals surface area (Å²) in [5.74, 6) is 2.12. The second-order valence-corrected chi connectivity index (χ2v) is 5.05. The van der Waals surface area contributed by atoms with Crippen LogP contribution in [0.2, 0.25) is 0 Å². The number of nitro benzene ring substituents is 1. The van der Waals surface area contributed by atoms with Crippen LogP contribution in [0.4, 0.5) is 5.69 Å². The summed E-state index contributed by atoms with van der Waals surface area (Å²) in [5, 5.41) is 11.0. The van der Waals surface area contributed by atoms with Gasteiger partial charge >= 0.3 is 0 Å². The van der Waals surface area contributed by atoms with Crippen LogP contribution < -0.4 is 9.47 Å². The second-order valence-electron chi connectivity index (χ2n) is 5.05. The van der Waals surface area contributed by atoms with Crippen molar-refractivity contribution in [1.82, 2.24) is 0 Å². The number of ether oxygens (including phenoxy) is 2. The van der Waals surface area contributed by atoms with Gasteiger partial charge in [-0.3, -0.25) is 10.1 Å². The molecule has 0 bridgehead atoms. The van der Waals surface area contributed by atoms with Crippen LogP contribution in [0.15, 0.2) is 48.0 Å². The minimum Gasteiger partial charge on any atom is -0.488 e. The quantitative estimate of drug-likeness (QED) is 0.594. The summed E-state index contributed by atoms with van der Waals surface area (Å²) in [7, 11) is 0. The number of nitrogens with zero attached hydrogens (tertiary/aromatic N) is 1. The highest BCUT2D eigenvalue weighted by molar-refractivity contribution is 5.76. The van der Waals surface area contributed by atoms with Gasteiger partial charge in [-0.25, -0.2) is 0 Å². The Kier molecular flexibility index (Phi) is 2.47. The number of nitro groups is 1. The highest BCUT2D eigenvalue weighted by atomic mass is 16.6. The molecule has 0 saturated heterocycles. The molecule has 2 heterocycles. The molecule has 2 aliphatic rings. The minimum absolute atomic E-state index is 0.0357. The van der Waals surface area contributed by atoms with Crippen molar-refractivity contribution < 1.29 is 14.4 Å². The molecule has 0 aromatic heterocycles. The lowest BCUT2D eigenvalue weighted by Gasteiger charge is -2.28. The van der Waals surface area contributed by atoms with E-state index in [1.807, 2.05) is 24.3 Å². The first-order chi connectivity index (χ1) is 10.2. The predicted octanol–water partition coefficient (Wildman–Crippen LogP) is 3.33. The zero-order valence-corrected chi connectivity index (χ0v) is 11.0. The third-order valence-corrected chi connectivity index (χ3v) is 3.73. The van der Waals surface area contributed by atoms with Crippen molar-refractivity contribution in [3.05, 3.63) is 69.3 Å². The average molecular weight is 281 g/mol. The Morgan fingerprint density at radius 1 is 1.10 bits per heavy atom. The molecular weight excluding hydrogens is 270 g/mol. The van der Waals surface area contributed by atoms with Crippen molar-refractivity contribution in [3.8, 4) is 11.5 Å². The number of rotatable bonds is 1. The van der Waals surface area contributed by atoms with Gasteiger partial charge in [-0.2, -0.15) is 0 Å². The summed E-state index contributed by atoms with van der Waals surface area (Å²) in [6.45, 7) is 0.453. The standard InChI is InChI=1S/C16H11NO4/c18-17(19)12-5-6-15-13(8-12)16-11(9-20-15)7-10-3-1-2-4-14(10)21-16/h1-6,8H,7,9H2. The van der Waals surface area contributed by atoms with Crippen molar-refractivity contribution in [1.29, 1.82) is 0 Å². The van der Waals surface area contributed by atoms with Crippen LogP contribution in [-0.4, -0.2) is 11.5 Å². The van der Waals surface area contributed by atoms with Crippen molar-refractivity contribution in [2.75, 3.05) is 6.61 Å². The Morgan fingerprint density at radius 3 is 2.81 bits per heavy atom. The summed E-state index contributed by atoms with van der Waals surface area (Å²) in [4.78, 5) is 10.5. The molecule has 0 saturated carbocycles. The van der Waals surface area contributed by atoms with Gasteiger partial charge in [0.2, 0.25) is 0 Å². The number of hydrogen-bond donors (Lipinski definition) is 0. The summed E-state index contributed by atoms with van der Waals surface area (Å²) in [6.07, 6.45) is 0.744. The molecule has 2 aromatic carbocycles. The Bertz CT molecular complexity index is 795. The van der Waals surface area contributed by atoms with Crippen LogP contribution in [0.25, 0.3) is 5.76 Å². The Balaban J connectivity index is 1.84. The number of hydrogen-bond acceptors (Lipinski definition) is 4. The van der Waals surface area contributed by atoms with E-state index in [4.69, 9.17) is 9.47 Å². The summed E-state index contributed by atoms with van der Waals surface area (Å²) < 4.78 is 11.7. The lowest BCUT2D eigenvalue weighted by Crippen LogP contribution is -2.19. The van der Waals surface area contributed by atoms with Crippen LogP contribution in [0.3, 0.4) is 0 Å². The maximum atomic E-state index is 11.0. The lowest BCUT2D eigenvalue weighted by atomic mass is 9.96. The second kappa shape index (κ2) is 4.34. The maximum Gasteiger partial charge on any atom is 0.270 e. The molecule has 21 heavy (non-hydrogen) atoms. The van der Waals surface area contributed by atoms with E-state index in [0.717, 1.165) is 23.3 Å². The van der Waals surface area contributed by atoms with Crippen LogP contribution in [0, 0.1) is 10.1 Å². The Hall–Kier alpha value is -2.82. The third-order valence-electron chi connectivity index (χ3n) is 3.73. The van der Waals surface area contributed by atoms with Crippen LogP contribution in [0.1, 0.15) is 11.1 Å². The topological polar surface area (TPSA) is 61.6 Å². The molecule has 2 aromatic rings. The highest BCUT2D eigenvalue weighted by Crippen LogP contribution is 2.41. The Labute approximate surface area is 120 Å². The smallest absolute Gasteiger partial charge is 0.270 e. The van der Waals surface area contributed by atoms with Gasteiger partial charge < -0.3 is 9.47 Å². The van der Waals surface area contributed by atoms with E-state index in [2.05, 4.69) is 0 Å². The monoisotopic (exact) mass is 281 g/mol. The minimum atomic E-state index is -0.411. The van der Waals surface area contributed by atoms with Gasteiger partial charge in [-0.05, 0) is 17.7 Å². The molecule has 104 valence electrons. The first-order valence-corrected chi connectivity index (χ1v) is 6.62. The van der Waals surface area contributed by atoms with Gasteiger partial charge in [0.1, 0.15) is 23.9 Å². The summed E-state index contributed by atoms with van der Waals surface area (Å²) in [6, 6.07) is 12.4. The predicted molar refractivity (Wildman–Crippen MR) is 76.3 cm³/mol. The Morgan fingerprint density at radius 2 is 1.95 bits per heavy atom. The van der Waals surface area contributed by atoms with Gasteiger partial charge in [-0.1, -0.05) is 18.2 Å². The molecule has 0 fully saturated rings. The molecule has 0 unspecified atom stereocenters. The SMILES string of the molecule is O=[N+]([O-])c1ccc2c(c1)C1=C(CO2)Cc2ccccc2O1. The molecule has 0 N–H and O–H groups in total. The first kappa shape index (κ1) is 12.0. The molecule has 4 rings (SSSR count). The van der Waals surface area contributed by atoms with E-state index < -0.39 is 4.92 Å². The molecule has 0 aliphatic carbocycles. The molecule has 0 atom stereocenters. The fraction of sp³-hybridized carbons (Fsp3) is 0.125. The van der Waals surface area contributed by atoms with E-state index >= 15 is 0 Å². The number of fused-ring (bicyclic) bond motifs is 3. The van der Waals surface area contributed by atoms with E-state index in [9.17, 15) is 10.1 Å². The molecule has 5 heteroatoms. The average Bonchev–Trinajstić information content (AvgIpc) is 2.52. The van der Waals surface area contributed by atoms with Gasteiger partial charge in [-0.15, -0.1) is 0 Å². The molecular formula is C16H11NO4. The zero-order chi connectivity index (χ0) is 14.4. The first-order valence-electron chi connectivity index (χ1n) is 6.62. The van der Waals surface area contributed by atoms with E-state index in [0.29, 0.717) is 23.7 Å². The number of non-ortho nitro benzene ring substituents is 1. The fourth-order valence-electron chi connectivity index (χ4n) is 2.70. The van der Waals surface area contributed by atoms with Crippen molar-refractivity contribution in [3.63, 3.8) is 0 Å². The maximum absolute atomic E-state index is 11.0. The van der Waals surface area contributed by atoms with Gasteiger partial charge in [0, 0.05) is 24.1 Å². The highest BCUT2D eigenvalue weighted by Gasteiger charge is 2.28. The summed E-state index contributed by atoms with van der Waals surface area (Å²) in [5.41, 5.74) is 2.81. The van der Waals surface area contributed by atoms with Gasteiger partial charge in [0.15, 0.2) is 0 Å². The van der Waals surface area contributed by atoms with E-state index in [1.165, 1.54) is 12.1 Å². The summed E-state index contributed by atoms with van der Waals surface area (Å²) >= 11 is 0. The van der Waals surface area contributed by atoms with Gasteiger partial charge in [0.05, 0.1) is 10.5 Å². The van der Waals surface area contributed by atoms with Crippen molar-refractivity contribution >= 4 is 11.4 Å². The van der Waals surface area contributed by atoms with E-state index in [-0.39, 0.29) is 5.69 Å². The molecule has 0 amide bonds. The van der Waals surface area contributed by atoms with Crippen LogP contribution in [0.5, 0.6) is 11.5 Å².